The number of fused-ring (bicyclic) bond motifs is 1. The van der Waals surface area contributed by atoms with E-state index in [1.165, 1.54) is 0 Å². The minimum Gasteiger partial charge on any atom is -0.324 e. The van der Waals surface area contributed by atoms with Gasteiger partial charge in [0.25, 0.3) is 0 Å². The molecular formula is C23H15ClF3N3OS. The summed E-state index contributed by atoms with van der Waals surface area (Å²) in [7, 11) is 0. The minimum atomic E-state index is -4.53. The monoisotopic (exact) mass is 473 g/mol. The Hall–Kier alpha value is -3.10. The van der Waals surface area contributed by atoms with E-state index in [9.17, 15) is 18.0 Å². The molecule has 162 valence electrons. The first kappa shape index (κ1) is 22.1. The van der Waals surface area contributed by atoms with Crippen LogP contribution in [0.1, 0.15) is 5.56 Å². The second-order valence-electron chi connectivity index (χ2n) is 6.85. The standard InChI is InChI=1S/C23H15ClF3N3OS/c24-18-8-7-17(23(25,26)27)12-20(18)28-21(31)13-32-22-10-9-19(29-30-22)16-6-5-14-3-1-2-4-15(14)11-16/h1-12H,13H2,(H,28,31). The second-order valence-corrected chi connectivity index (χ2v) is 8.25. The number of carbonyl (C=O) groups excluding carboxylic acids is 1. The number of halogens is 4. The van der Waals surface area contributed by atoms with Crippen LogP contribution in [0, 0.1) is 0 Å². The van der Waals surface area contributed by atoms with Crippen LogP contribution in [-0.2, 0) is 11.0 Å². The number of hydrogen-bond donors (Lipinski definition) is 1. The molecule has 0 radical (unpaired) electrons. The van der Waals surface area contributed by atoms with Gasteiger partial charge in [0.05, 0.1) is 27.7 Å². The number of carbonyl (C=O) groups is 1. The van der Waals surface area contributed by atoms with Crippen molar-refractivity contribution in [2.75, 3.05) is 11.1 Å². The summed E-state index contributed by atoms with van der Waals surface area (Å²) >= 11 is 7.03. The van der Waals surface area contributed by atoms with Gasteiger partial charge in [0.15, 0.2) is 0 Å². The van der Waals surface area contributed by atoms with Gasteiger partial charge in [-0.1, -0.05) is 59.8 Å². The molecule has 4 nitrogen and oxygen atoms in total. The summed E-state index contributed by atoms with van der Waals surface area (Å²) in [4.78, 5) is 12.2. The Balaban J connectivity index is 1.39. The molecule has 0 bridgehead atoms. The van der Waals surface area contributed by atoms with Gasteiger partial charge in [-0.2, -0.15) is 13.2 Å². The lowest BCUT2D eigenvalue weighted by Crippen LogP contribution is -2.15. The Morgan fingerprint density at radius 2 is 1.72 bits per heavy atom. The lowest BCUT2D eigenvalue weighted by molar-refractivity contribution is -0.137. The van der Waals surface area contributed by atoms with Crippen LogP contribution in [0.15, 0.2) is 77.8 Å². The molecule has 3 aromatic carbocycles. The number of thioether (sulfide) groups is 1. The van der Waals surface area contributed by atoms with Crippen molar-refractivity contribution in [2.45, 2.75) is 11.2 Å². The molecule has 4 rings (SSSR count). The van der Waals surface area contributed by atoms with Crippen LogP contribution in [-0.4, -0.2) is 21.9 Å². The highest BCUT2D eigenvalue weighted by Crippen LogP contribution is 2.34. The van der Waals surface area contributed by atoms with Crippen LogP contribution < -0.4 is 5.32 Å². The third-order valence-electron chi connectivity index (χ3n) is 4.60. The maximum absolute atomic E-state index is 12.9. The molecule has 9 heteroatoms. The Labute approximate surface area is 190 Å². The maximum atomic E-state index is 12.9. The fourth-order valence-electron chi connectivity index (χ4n) is 3.02. The first-order chi connectivity index (χ1) is 15.3. The van der Waals surface area contributed by atoms with Crippen molar-refractivity contribution in [3.8, 4) is 11.3 Å². The van der Waals surface area contributed by atoms with Gasteiger partial charge in [-0.15, -0.1) is 10.2 Å². The smallest absolute Gasteiger partial charge is 0.324 e. The minimum absolute atomic E-state index is 0.0240. The maximum Gasteiger partial charge on any atom is 0.416 e. The number of nitrogens with zero attached hydrogens (tertiary/aromatic N) is 2. The predicted molar refractivity (Wildman–Crippen MR) is 121 cm³/mol. The molecule has 0 saturated carbocycles. The van der Waals surface area contributed by atoms with Crippen LogP contribution in [0.25, 0.3) is 22.0 Å². The highest BCUT2D eigenvalue weighted by Gasteiger charge is 2.31. The zero-order valence-electron chi connectivity index (χ0n) is 16.4. The summed E-state index contributed by atoms with van der Waals surface area (Å²) in [5.74, 6) is -0.562. The molecule has 1 N–H and O–H groups in total. The fraction of sp³-hybridized carbons (Fsp3) is 0.0870. The Morgan fingerprint density at radius 3 is 2.44 bits per heavy atom. The van der Waals surface area contributed by atoms with Crippen molar-refractivity contribution in [2.24, 2.45) is 0 Å². The van der Waals surface area contributed by atoms with Crippen molar-refractivity contribution >= 4 is 45.7 Å². The normalized spacial score (nSPS) is 11.5. The molecule has 0 atom stereocenters. The molecule has 32 heavy (non-hydrogen) atoms. The SMILES string of the molecule is O=C(CSc1ccc(-c2ccc3ccccc3c2)nn1)Nc1cc(C(F)(F)F)ccc1Cl. The zero-order valence-corrected chi connectivity index (χ0v) is 17.9. The second kappa shape index (κ2) is 9.18. The third-order valence-corrected chi connectivity index (χ3v) is 5.85. The first-order valence-electron chi connectivity index (χ1n) is 9.42. The largest absolute Gasteiger partial charge is 0.416 e. The van der Waals surface area contributed by atoms with E-state index >= 15 is 0 Å². The quantitative estimate of drug-likeness (QED) is 0.328. The van der Waals surface area contributed by atoms with Gasteiger partial charge >= 0.3 is 6.18 Å². The molecule has 0 aliphatic rings. The van der Waals surface area contributed by atoms with Gasteiger partial charge in [0, 0.05) is 5.56 Å². The number of amides is 1. The van der Waals surface area contributed by atoms with E-state index < -0.39 is 17.6 Å². The summed E-state index contributed by atoms with van der Waals surface area (Å²) in [6.45, 7) is 0. The molecule has 0 spiro atoms. The number of anilines is 1. The first-order valence-corrected chi connectivity index (χ1v) is 10.8. The molecule has 0 aliphatic carbocycles. The van der Waals surface area contributed by atoms with Crippen LogP contribution in [0.3, 0.4) is 0 Å². The van der Waals surface area contributed by atoms with E-state index in [4.69, 9.17) is 11.6 Å². The molecule has 0 unspecified atom stereocenters. The molecule has 4 aromatic rings. The highest BCUT2D eigenvalue weighted by molar-refractivity contribution is 7.99. The Kier molecular flexibility index (Phi) is 6.34. The van der Waals surface area contributed by atoms with Crippen LogP contribution >= 0.6 is 23.4 Å². The Bertz CT molecular complexity index is 1280. The van der Waals surface area contributed by atoms with Crippen molar-refractivity contribution in [3.05, 3.63) is 83.4 Å². The lowest BCUT2D eigenvalue weighted by atomic mass is 10.1. The molecule has 1 aromatic heterocycles. The topological polar surface area (TPSA) is 54.9 Å². The van der Waals surface area contributed by atoms with E-state index in [-0.39, 0.29) is 16.5 Å². The summed E-state index contributed by atoms with van der Waals surface area (Å²) in [6.07, 6.45) is -4.53. The predicted octanol–water partition coefficient (Wildman–Crippen LogP) is 6.70. The van der Waals surface area contributed by atoms with Gasteiger partial charge in [0.1, 0.15) is 5.03 Å². The van der Waals surface area contributed by atoms with E-state index in [1.807, 2.05) is 42.5 Å². The molecular weight excluding hydrogens is 459 g/mol. The number of aromatic nitrogens is 2. The molecule has 1 amide bonds. The van der Waals surface area contributed by atoms with E-state index in [2.05, 4.69) is 15.5 Å². The van der Waals surface area contributed by atoms with Crippen molar-refractivity contribution in [3.63, 3.8) is 0 Å². The number of alkyl halides is 3. The average molecular weight is 474 g/mol. The summed E-state index contributed by atoms with van der Waals surface area (Å²) in [5, 5.41) is 13.5. The van der Waals surface area contributed by atoms with Crippen molar-refractivity contribution in [1.29, 1.82) is 0 Å². The van der Waals surface area contributed by atoms with E-state index in [1.54, 1.807) is 12.1 Å². The van der Waals surface area contributed by atoms with Gasteiger partial charge in [0.2, 0.25) is 5.91 Å². The van der Waals surface area contributed by atoms with Gasteiger partial charge in [-0.3, -0.25) is 4.79 Å². The van der Waals surface area contributed by atoms with Gasteiger partial charge in [-0.05, 0) is 47.2 Å². The van der Waals surface area contributed by atoms with Crippen molar-refractivity contribution in [1.82, 2.24) is 10.2 Å². The zero-order chi connectivity index (χ0) is 22.7. The Morgan fingerprint density at radius 1 is 0.938 bits per heavy atom. The van der Waals surface area contributed by atoms with E-state index in [0.717, 1.165) is 46.3 Å². The molecule has 0 aliphatic heterocycles. The van der Waals surface area contributed by atoms with Crippen LogP contribution in [0.4, 0.5) is 18.9 Å². The summed E-state index contributed by atoms with van der Waals surface area (Å²) in [5.41, 5.74) is 0.634. The van der Waals surface area contributed by atoms with Gasteiger partial charge in [-0.25, -0.2) is 0 Å². The number of rotatable bonds is 5. The molecule has 0 fully saturated rings. The van der Waals surface area contributed by atoms with E-state index in [0.29, 0.717) is 10.7 Å². The highest BCUT2D eigenvalue weighted by atomic mass is 35.5. The fourth-order valence-corrected chi connectivity index (χ4v) is 3.80. The summed E-state index contributed by atoms with van der Waals surface area (Å²) < 4.78 is 38.6. The van der Waals surface area contributed by atoms with Crippen LogP contribution in [0.5, 0.6) is 0 Å². The van der Waals surface area contributed by atoms with Crippen LogP contribution in [0.2, 0.25) is 5.02 Å². The number of benzene rings is 3. The average Bonchev–Trinajstić information content (AvgIpc) is 2.78. The molecule has 0 saturated heterocycles. The number of hydrogen-bond acceptors (Lipinski definition) is 4. The number of nitrogens with one attached hydrogen (secondary N) is 1. The third kappa shape index (κ3) is 5.20. The summed E-state index contributed by atoms with van der Waals surface area (Å²) in [6, 6.07) is 20.3. The van der Waals surface area contributed by atoms with Crippen molar-refractivity contribution < 1.29 is 18.0 Å². The molecule has 1 heterocycles. The lowest BCUT2D eigenvalue weighted by Gasteiger charge is -2.11. The van der Waals surface area contributed by atoms with Gasteiger partial charge < -0.3 is 5.32 Å².